The molecule has 1 N–H and O–H groups in total. The predicted molar refractivity (Wildman–Crippen MR) is 142 cm³/mol. The number of carbonyl (C=O) groups excluding carboxylic acids is 2. The topological polar surface area (TPSA) is 104 Å². The molecule has 3 aromatic carbocycles. The maximum Gasteiger partial charge on any atom is 0.408 e. The average molecular weight is 516 g/mol. The fraction of sp³-hybridized carbons (Fsp3) is 0.233. The molecular weight excluding hydrogens is 486 g/mol. The number of esters is 1. The largest absolute Gasteiger partial charge is 0.457 e. The molecule has 8 nitrogen and oxygen atoms in total. The Morgan fingerprint density at radius 3 is 2.29 bits per heavy atom. The van der Waals surface area contributed by atoms with E-state index in [-0.39, 0.29) is 46.2 Å². The molecule has 1 atom stereocenters. The highest BCUT2D eigenvalue weighted by Crippen LogP contribution is 2.27. The number of carbonyl (C=O) groups is 2. The van der Waals surface area contributed by atoms with Crippen molar-refractivity contribution in [3.63, 3.8) is 0 Å². The van der Waals surface area contributed by atoms with Gasteiger partial charge in [-0.3, -0.25) is 4.79 Å². The van der Waals surface area contributed by atoms with Gasteiger partial charge in [0.25, 0.3) is 0 Å². The summed E-state index contributed by atoms with van der Waals surface area (Å²) in [4.78, 5) is 38.4. The van der Waals surface area contributed by atoms with Gasteiger partial charge in [0.2, 0.25) is 11.2 Å². The lowest BCUT2D eigenvalue weighted by Crippen LogP contribution is -2.44. The van der Waals surface area contributed by atoms with Gasteiger partial charge in [0.1, 0.15) is 35.5 Å². The zero-order valence-corrected chi connectivity index (χ0v) is 21.4. The van der Waals surface area contributed by atoms with Gasteiger partial charge < -0.3 is 23.9 Å². The number of fused-ring (bicyclic) bond motifs is 1. The molecule has 38 heavy (non-hydrogen) atoms. The van der Waals surface area contributed by atoms with Gasteiger partial charge in [-0.1, -0.05) is 62.4 Å². The Labute approximate surface area is 220 Å². The van der Waals surface area contributed by atoms with Gasteiger partial charge in [-0.05, 0) is 49.1 Å². The number of nitrogens with one attached hydrogen (secondary N) is 1. The van der Waals surface area contributed by atoms with E-state index in [0.29, 0.717) is 12.2 Å². The Hall–Kier alpha value is -4.59. The average Bonchev–Trinajstić information content (AvgIpc) is 2.90. The summed E-state index contributed by atoms with van der Waals surface area (Å²) in [6, 6.07) is 21.7. The molecule has 0 radical (unpaired) electrons. The van der Waals surface area contributed by atoms with E-state index >= 15 is 0 Å². The van der Waals surface area contributed by atoms with Crippen LogP contribution in [0.15, 0.2) is 88.1 Å². The highest BCUT2D eigenvalue weighted by atomic mass is 16.6. The molecule has 0 aliphatic rings. The molecule has 4 rings (SSSR count). The molecule has 0 saturated heterocycles. The first kappa shape index (κ1) is 26.5. The minimum atomic E-state index is -0.927. The summed E-state index contributed by atoms with van der Waals surface area (Å²) >= 11 is 0. The van der Waals surface area contributed by atoms with Gasteiger partial charge in [0.15, 0.2) is 0 Å². The smallest absolute Gasteiger partial charge is 0.408 e. The van der Waals surface area contributed by atoms with Crippen molar-refractivity contribution in [1.82, 2.24) is 5.32 Å². The molecule has 8 heteroatoms. The van der Waals surface area contributed by atoms with Crippen LogP contribution >= 0.6 is 0 Å². The molecule has 0 fully saturated rings. The van der Waals surface area contributed by atoms with Crippen molar-refractivity contribution in [1.29, 1.82) is 0 Å². The first-order chi connectivity index (χ1) is 18.3. The van der Waals surface area contributed by atoms with Crippen LogP contribution in [0, 0.1) is 12.8 Å². The summed E-state index contributed by atoms with van der Waals surface area (Å²) in [6.07, 6.45) is -0.371. The zero-order valence-electron chi connectivity index (χ0n) is 21.4. The van der Waals surface area contributed by atoms with E-state index in [9.17, 15) is 14.4 Å². The van der Waals surface area contributed by atoms with Gasteiger partial charge in [-0.15, -0.1) is 0 Å². The SMILES string of the molecule is Cc1oc2cc(OC(=O)[C@H](CC(C)C)NC(=O)OCc3ccccc3)ccc2c(=O)c1Oc1ccccc1. The van der Waals surface area contributed by atoms with Crippen LogP contribution in [0.4, 0.5) is 4.79 Å². The molecule has 1 aromatic heterocycles. The van der Waals surface area contributed by atoms with E-state index in [1.807, 2.05) is 50.2 Å². The van der Waals surface area contributed by atoms with Crippen LogP contribution in [-0.4, -0.2) is 18.1 Å². The van der Waals surface area contributed by atoms with Crippen LogP contribution in [-0.2, 0) is 16.1 Å². The van der Waals surface area contributed by atoms with Crippen molar-refractivity contribution < 1.29 is 28.2 Å². The van der Waals surface area contributed by atoms with Crippen LogP contribution in [0.3, 0.4) is 0 Å². The number of benzene rings is 3. The third kappa shape index (κ3) is 6.79. The number of hydrogen-bond donors (Lipinski definition) is 1. The maximum atomic E-state index is 13.0. The minimum absolute atomic E-state index is 0.0785. The molecule has 0 saturated carbocycles. The van der Waals surface area contributed by atoms with E-state index in [4.69, 9.17) is 18.6 Å². The zero-order chi connectivity index (χ0) is 27.1. The second-order valence-electron chi connectivity index (χ2n) is 9.20. The number of aryl methyl sites for hydroxylation is 1. The second kappa shape index (κ2) is 12.1. The fourth-order valence-electron chi connectivity index (χ4n) is 3.84. The number of para-hydroxylation sites is 1. The summed E-state index contributed by atoms with van der Waals surface area (Å²) in [5.74, 6) is 0.507. The highest BCUT2D eigenvalue weighted by molar-refractivity contribution is 5.85. The Balaban J connectivity index is 1.47. The summed E-state index contributed by atoms with van der Waals surface area (Å²) in [5.41, 5.74) is 0.732. The third-order valence-corrected chi connectivity index (χ3v) is 5.66. The monoisotopic (exact) mass is 515 g/mol. The van der Waals surface area contributed by atoms with Crippen LogP contribution in [0.25, 0.3) is 11.0 Å². The molecule has 1 amide bonds. The van der Waals surface area contributed by atoms with E-state index in [1.54, 1.807) is 31.2 Å². The Kier molecular flexibility index (Phi) is 8.43. The molecule has 196 valence electrons. The Morgan fingerprint density at radius 2 is 1.61 bits per heavy atom. The first-order valence-electron chi connectivity index (χ1n) is 12.3. The minimum Gasteiger partial charge on any atom is -0.457 e. The van der Waals surface area contributed by atoms with Crippen molar-refractivity contribution in [2.75, 3.05) is 0 Å². The third-order valence-electron chi connectivity index (χ3n) is 5.66. The van der Waals surface area contributed by atoms with Gasteiger partial charge in [0.05, 0.1) is 5.39 Å². The Bertz CT molecular complexity index is 1460. The molecule has 0 bridgehead atoms. The van der Waals surface area contributed by atoms with E-state index in [1.165, 1.54) is 18.2 Å². The van der Waals surface area contributed by atoms with Crippen molar-refractivity contribution >= 4 is 23.0 Å². The molecular formula is C30H29NO7. The first-order valence-corrected chi connectivity index (χ1v) is 12.3. The summed E-state index contributed by atoms with van der Waals surface area (Å²) < 4.78 is 22.4. The van der Waals surface area contributed by atoms with E-state index in [2.05, 4.69) is 5.32 Å². The number of alkyl carbamates (subject to hydrolysis) is 1. The highest BCUT2D eigenvalue weighted by Gasteiger charge is 2.25. The van der Waals surface area contributed by atoms with Crippen LogP contribution in [0.2, 0.25) is 0 Å². The van der Waals surface area contributed by atoms with Crippen LogP contribution < -0.4 is 20.2 Å². The lowest BCUT2D eigenvalue weighted by Gasteiger charge is -2.19. The normalized spacial score (nSPS) is 11.7. The lowest BCUT2D eigenvalue weighted by molar-refractivity contribution is -0.137. The van der Waals surface area contributed by atoms with Crippen LogP contribution in [0.5, 0.6) is 17.2 Å². The molecule has 0 aliphatic carbocycles. The van der Waals surface area contributed by atoms with Gasteiger partial charge in [0, 0.05) is 6.07 Å². The standard InChI is InChI=1S/C30H29NO7/c1-19(2)16-25(31-30(34)35-18-21-10-6-4-7-11-21)29(33)38-23-14-15-24-26(17-23)36-20(3)28(27(24)32)37-22-12-8-5-9-13-22/h4-15,17,19,25H,16,18H2,1-3H3,(H,31,34)/t25-/m0/s1. The van der Waals surface area contributed by atoms with E-state index in [0.717, 1.165) is 5.56 Å². The molecule has 0 unspecified atom stereocenters. The van der Waals surface area contributed by atoms with Gasteiger partial charge >= 0.3 is 12.1 Å². The predicted octanol–water partition coefficient (Wildman–Crippen LogP) is 6.14. The molecule has 4 aromatic rings. The number of amides is 1. The maximum absolute atomic E-state index is 13.0. The van der Waals surface area contributed by atoms with Crippen molar-refractivity contribution in [3.05, 3.63) is 100 Å². The quantitative estimate of drug-likeness (QED) is 0.211. The van der Waals surface area contributed by atoms with Gasteiger partial charge in [-0.25, -0.2) is 9.59 Å². The summed E-state index contributed by atoms with van der Waals surface area (Å²) in [7, 11) is 0. The van der Waals surface area contributed by atoms with Gasteiger partial charge in [-0.2, -0.15) is 0 Å². The lowest BCUT2D eigenvalue weighted by atomic mass is 10.0. The summed E-state index contributed by atoms with van der Waals surface area (Å²) in [5, 5.41) is 2.88. The van der Waals surface area contributed by atoms with Crippen molar-refractivity contribution in [2.45, 2.75) is 39.8 Å². The molecule has 0 aliphatic heterocycles. The van der Waals surface area contributed by atoms with Crippen molar-refractivity contribution in [3.8, 4) is 17.2 Å². The molecule has 0 spiro atoms. The fourth-order valence-corrected chi connectivity index (χ4v) is 3.84. The number of ether oxygens (including phenoxy) is 3. The molecule has 1 heterocycles. The van der Waals surface area contributed by atoms with Crippen molar-refractivity contribution in [2.24, 2.45) is 5.92 Å². The van der Waals surface area contributed by atoms with E-state index < -0.39 is 18.1 Å². The Morgan fingerprint density at radius 1 is 0.921 bits per heavy atom. The number of rotatable bonds is 9. The second-order valence-corrected chi connectivity index (χ2v) is 9.20. The summed E-state index contributed by atoms with van der Waals surface area (Å²) in [6.45, 7) is 5.57. The number of hydrogen-bond acceptors (Lipinski definition) is 7. The van der Waals surface area contributed by atoms with Crippen LogP contribution in [0.1, 0.15) is 31.6 Å².